The summed E-state index contributed by atoms with van der Waals surface area (Å²) in [5, 5.41) is 27.4. The van der Waals surface area contributed by atoms with E-state index in [4.69, 9.17) is 33.9 Å². The van der Waals surface area contributed by atoms with Crippen molar-refractivity contribution in [1.29, 1.82) is 0 Å². The van der Waals surface area contributed by atoms with Crippen LogP contribution in [0.4, 0.5) is 0 Å². The molecule has 1 aromatic heterocycles. The lowest BCUT2D eigenvalue weighted by molar-refractivity contribution is -0.258. The summed E-state index contributed by atoms with van der Waals surface area (Å²) >= 11 is 0. The first-order chi connectivity index (χ1) is 31.9. The third-order valence-electron chi connectivity index (χ3n) is 14.2. The van der Waals surface area contributed by atoms with Gasteiger partial charge in [0.1, 0.15) is 24.1 Å². The van der Waals surface area contributed by atoms with Crippen LogP contribution >= 0.6 is 0 Å². The first-order valence-corrected chi connectivity index (χ1v) is 24.1. The van der Waals surface area contributed by atoms with Gasteiger partial charge in [-0.05, 0) is 122 Å². The normalized spacial score (nSPS) is 26.4. The second kappa shape index (κ2) is 20.6. The molecule has 65 heavy (non-hydrogen) atoms. The number of pyridine rings is 1. The summed E-state index contributed by atoms with van der Waals surface area (Å²) < 4.78 is 27.4. The van der Waals surface area contributed by atoms with E-state index >= 15 is 4.79 Å². The molecule has 5 aliphatic rings. The number of aromatic nitrogens is 1. The van der Waals surface area contributed by atoms with E-state index in [9.17, 15) is 10.2 Å². The van der Waals surface area contributed by atoms with Gasteiger partial charge in [0.2, 0.25) is 18.0 Å². The minimum absolute atomic E-state index is 0.0875. The zero-order chi connectivity index (χ0) is 44.8. The number of aryl methyl sites for hydroxylation is 1. The summed E-state index contributed by atoms with van der Waals surface area (Å²) in [5.41, 5.74) is 5.61. The molecule has 1 saturated heterocycles. The van der Waals surface area contributed by atoms with E-state index in [1.165, 1.54) is 0 Å². The number of ether oxygens (including phenoxy) is 4. The number of allylic oxidation sites excluding steroid dienone is 1. The molecule has 3 aliphatic carbocycles. The van der Waals surface area contributed by atoms with Crippen LogP contribution in [0.15, 0.2) is 108 Å². The number of carbonyl (C=O) groups excluding carboxylic acids is 1. The molecule has 9 rings (SSSR count). The summed E-state index contributed by atoms with van der Waals surface area (Å²) in [4.78, 5) is 28.3. The SMILES string of the molecule is C=CCOC12Oc3ccc(OCc4cccc(C)n4)cc3C3C(CCCCO)C(CCCCO)C=C(C(=NOC4CCCCO4)CC1N(Cc1cccc4ccccc14)C(=O)C1CC1)C32. The number of aliphatic hydroxyl groups excluding tert-OH is 2. The van der Waals surface area contributed by atoms with Gasteiger partial charge in [0.25, 0.3) is 0 Å². The summed E-state index contributed by atoms with van der Waals surface area (Å²) in [6.45, 7) is 7.82. The molecule has 11 nitrogen and oxygen atoms in total. The number of aliphatic hydroxyl groups is 2. The fraction of sp³-hybridized carbons (Fsp3) is 0.500. The maximum Gasteiger partial charge on any atom is 0.239 e. The van der Waals surface area contributed by atoms with Gasteiger partial charge in [-0.1, -0.05) is 78.7 Å². The number of hydrogen-bond donors (Lipinski definition) is 2. The topological polar surface area (TPSA) is 132 Å². The molecule has 3 aromatic carbocycles. The second-order valence-corrected chi connectivity index (χ2v) is 18.6. The molecule has 344 valence electrons. The molecule has 7 atom stereocenters. The van der Waals surface area contributed by atoms with Gasteiger partial charge in [-0.3, -0.25) is 9.78 Å². The van der Waals surface area contributed by atoms with E-state index in [-0.39, 0.29) is 49.4 Å². The van der Waals surface area contributed by atoms with E-state index in [0.717, 1.165) is 102 Å². The predicted octanol–water partition coefficient (Wildman–Crippen LogP) is 9.72. The Bertz CT molecular complexity index is 2350. The van der Waals surface area contributed by atoms with Gasteiger partial charge in [0.15, 0.2) is 0 Å². The Morgan fingerprint density at radius 1 is 0.969 bits per heavy atom. The number of hydrogen-bond acceptors (Lipinski definition) is 10. The van der Waals surface area contributed by atoms with Crippen LogP contribution in [-0.2, 0) is 32.3 Å². The highest BCUT2D eigenvalue weighted by atomic mass is 16.8. The first-order valence-electron chi connectivity index (χ1n) is 24.1. The highest BCUT2D eigenvalue weighted by molar-refractivity contribution is 6.03. The average molecular weight is 884 g/mol. The van der Waals surface area contributed by atoms with Gasteiger partial charge in [-0.2, -0.15) is 0 Å². The average Bonchev–Trinajstić information content (AvgIpc) is 4.19. The van der Waals surface area contributed by atoms with E-state index in [0.29, 0.717) is 50.5 Å². The number of amides is 1. The Morgan fingerprint density at radius 3 is 2.57 bits per heavy atom. The van der Waals surface area contributed by atoms with Gasteiger partial charge in [-0.25, -0.2) is 0 Å². The van der Waals surface area contributed by atoms with E-state index in [2.05, 4.69) is 60.0 Å². The van der Waals surface area contributed by atoms with Crippen LogP contribution in [0.5, 0.6) is 11.5 Å². The molecule has 3 heterocycles. The Labute approximate surface area is 383 Å². The van der Waals surface area contributed by atoms with Crippen molar-refractivity contribution in [3.8, 4) is 11.5 Å². The Balaban J connectivity index is 1.23. The van der Waals surface area contributed by atoms with Crippen molar-refractivity contribution in [3.63, 3.8) is 0 Å². The number of carbonyl (C=O) groups is 1. The van der Waals surface area contributed by atoms with Gasteiger partial charge >= 0.3 is 0 Å². The van der Waals surface area contributed by atoms with Crippen molar-refractivity contribution in [2.24, 2.45) is 28.8 Å². The lowest BCUT2D eigenvalue weighted by atomic mass is 9.55. The summed E-state index contributed by atoms with van der Waals surface area (Å²) in [5.74, 6) is -0.357. The number of unbranched alkanes of at least 4 members (excludes halogenated alkanes) is 2. The van der Waals surface area contributed by atoms with E-state index < -0.39 is 24.0 Å². The number of fused-ring (bicyclic) bond motifs is 3. The van der Waals surface area contributed by atoms with Crippen molar-refractivity contribution >= 4 is 22.4 Å². The molecule has 4 aromatic rings. The first kappa shape index (κ1) is 45.1. The molecule has 0 bridgehead atoms. The molecule has 2 N–H and O–H groups in total. The van der Waals surface area contributed by atoms with E-state index in [1.807, 2.05) is 43.3 Å². The van der Waals surface area contributed by atoms with Gasteiger partial charge in [0.05, 0.1) is 30.5 Å². The number of rotatable bonds is 20. The van der Waals surface area contributed by atoms with Crippen LogP contribution < -0.4 is 9.47 Å². The predicted molar refractivity (Wildman–Crippen MR) is 250 cm³/mol. The molecule has 2 aliphatic heterocycles. The van der Waals surface area contributed by atoms with Crippen molar-refractivity contribution < 1.29 is 38.8 Å². The second-order valence-electron chi connectivity index (χ2n) is 18.6. The summed E-state index contributed by atoms with van der Waals surface area (Å²) in [6.07, 6.45) is 13.2. The lowest BCUT2D eigenvalue weighted by Gasteiger charge is -2.60. The van der Waals surface area contributed by atoms with Crippen LogP contribution in [0.25, 0.3) is 10.8 Å². The molecule has 11 heteroatoms. The maximum atomic E-state index is 15.2. The molecule has 1 amide bonds. The smallest absolute Gasteiger partial charge is 0.239 e. The molecule has 0 radical (unpaired) electrons. The van der Waals surface area contributed by atoms with Crippen molar-refractivity contribution in [2.75, 3.05) is 26.4 Å². The molecular weight excluding hydrogens is 819 g/mol. The monoisotopic (exact) mass is 883 g/mol. The van der Waals surface area contributed by atoms with Crippen molar-refractivity contribution in [3.05, 3.63) is 126 Å². The fourth-order valence-corrected chi connectivity index (χ4v) is 11.0. The Kier molecular flexibility index (Phi) is 14.3. The van der Waals surface area contributed by atoms with Crippen LogP contribution in [-0.4, -0.2) is 76.3 Å². The highest BCUT2D eigenvalue weighted by Crippen LogP contribution is 2.62. The van der Waals surface area contributed by atoms with Gasteiger partial charge < -0.3 is 38.9 Å². The van der Waals surface area contributed by atoms with Crippen molar-refractivity contribution in [1.82, 2.24) is 9.88 Å². The summed E-state index contributed by atoms with van der Waals surface area (Å²) in [7, 11) is 0. The third-order valence-corrected chi connectivity index (χ3v) is 14.2. The van der Waals surface area contributed by atoms with Gasteiger partial charge in [-0.15, -0.1) is 6.58 Å². The standard InChI is InChI=1S/C54H65N3O8/c1-3-29-63-54-49(57(53(60)38-23-24-38)34-40-18-13-17-37-15-4-5-20-43(37)40)33-47(56-65-50-22-8-11-30-61-50)45-31-39(16-6-9-27-58)44(21-7-10-28-59)51(52(45)54)46-32-42(25-26-48(46)64-54)62-35-41-19-12-14-36(2)55-41/h3-5,12-15,17-20,25-26,31-32,38-39,44,49-52,58-59H,1,6-11,16,21-24,27-30,33-35H2,2H3. The molecule has 7 unspecified atom stereocenters. The minimum atomic E-state index is -1.35. The molecular formula is C54H65N3O8. The quantitative estimate of drug-likeness (QED) is 0.0506. The number of nitrogens with zero attached hydrogens (tertiary/aromatic N) is 3. The largest absolute Gasteiger partial charge is 0.487 e. The highest BCUT2D eigenvalue weighted by Gasteiger charge is 2.66. The fourth-order valence-electron chi connectivity index (χ4n) is 11.0. The zero-order valence-corrected chi connectivity index (χ0v) is 37.8. The van der Waals surface area contributed by atoms with Crippen LogP contribution in [0.1, 0.15) is 105 Å². The van der Waals surface area contributed by atoms with E-state index in [1.54, 1.807) is 6.08 Å². The maximum absolute atomic E-state index is 15.2. The lowest BCUT2D eigenvalue weighted by Crippen LogP contribution is -2.70. The minimum Gasteiger partial charge on any atom is -0.487 e. The molecule has 2 saturated carbocycles. The van der Waals surface area contributed by atoms with Crippen LogP contribution in [0.3, 0.4) is 0 Å². The number of oxime groups is 1. The third kappa shape index (κ3) is 9.75. The van der Waals surface area contributed by atoms with Crippen LogP contribution in [0.2, 0.25) is 0 Å². The molecule has 3 fully saturated rings. The summed E-state index contributed by atoms with van der Waals surface area (Å²) in [6, 6.07) is 26.1. The van der Waals surface area contributed by atoms with Crippen molar-refractivity contribution in [2.45, 2.75) is 121 Å². The Morgan fingerprint density at radius 2 is 1.78 bits per heavy atom. The molecule has 0 spiro atoms. The van der Waals surface area contributed by atoms with Crippen LogP contribution in [0, 0.1) is 30.6 Å². The zero-order valence-electron chi connectivity index (χ0n) is 37.8. The van der Waals surface area contributed by atoms with Gasteiger partial charge in [0, 0.05) is 55.7 Å². The Hall–Kier alpha value is -5.07. The number of benzene rings is 3.